The number of amides is 2. The Kier molecular flexibility index (Phi) is 11.0. The second-order valence-corrected chi connectivity index (χ2v) is 13.5. The van der Waals surface area contributed by atoms with Crippen LogP contribution in [-0.2, 0) is 26.2 Å². The van der Waals surface area contributed by atoms with E-state index in [4.69, 9.17) is 9.47 Å². The standard InChI is InChI=1S/C31H38BrN3O6S/c1-7-41-27-16-12-25(13-17-27)35(42(38,39)28-18-10-24(32)11-19-28)21-29(36)34(22(2)30(37)33-31(3,4)5)20-23-8-14-26(40-6)15-9-23/h8-19,22H,7,20-21H2,1-6H3,(H,33,37)/t22-/m1/s1. The van der Waals surface area contributed by atoms with Crippen LogP contribution in [0.1, 0.15) is 40.2 Å². The Morgan fingerprint density at radius 3 is 2.02 bits per heavy atom. The highest BCUT2D eigenvalue weighted by atomic mass is 79.9. The van der Waals surface area contributed by atoms with Gasteiger partial charge >= 0.3 is 0 Å². The van der Waals surface area contributed by atoms with Crippen molar-refractivity contribution < 1.29 is 27.5 Å². The average molecular weight is 661 g/mol. The third kappa shape index (κ3) is 8.72. The fourth-order valence-electron chi connectivity index (χ4n) is 4.12. The van der Waals surface area contributed by atoms with Crippen molar-refractivity contribution in [1.82, 2.24) is 10.2 Å². The van der Waals surface area contributed by atoms with E-state index in [1.165, 1.54) is 17.0 Å². The molecule has 9 nitrogen and oxygen atoms in total. The van der Waals surface area contributed by atoms with Gasteiger partial charge in [0.05, 0.1) is 24.3 Å². The van der Waals surface area contributed by atoms with Crippen LogP contribution < -0.4 is 19.1 Å². The molecule has 42 heavy (non-hydrogen) atoms. The zero-order valence-electron chi connectivity index (χ0n) is 24.8. The first-order chi connectivity index (χ1) is 19.7. The lowest BCUT2D eigenvalue weighted by Crippen LogP contribution is -2.54. The first-order valence-electron chi connectivity index (χ1n) is 13.5. The van der Waals surface area contributed by atoms with E-state index >= 15 is 0 Å². The van der Waals surface area contributed by atoms with Crippen LogP contribution in [0, 0.1) is 0 Å². The van der Waals surface area contributed by atoms with Crippen LogP contribution in [0.15, 0.2) is 82.2 Å². The van der Waals surface area contributed by atoms with Crippen molar-refractivity contribution in [2.45, 2.75) is 57.6 Å². The van der Waals surface area contributed by atoms with Gasteiger partial charge in [0.15, 0.2) is 0 Å². The summed E-state index contributed by atoms with van der Waals surface area (Å²) in [5.74, 6) is 0.323. The van der Waals surface area contributed by atoms with E-state index in [1.807, 2.05) is 27.7 Å². The smallest absolute Gasteiger partial charge is 0.264 e. The Balaban J connectivity index is 2.03. The third-order valence-electron chi connectivity index (χ3n) is 6.29. The lowest BCUT2D eigenvalue weighted by molar-refractivity contribution is -0.140. The van der Waals surface area contributed by atoms with Crippen molar-refractivity contribution >= 4 is 43.5 Å². The Morgan fingerprint density at radius 1 is 0.929 bits per heavy atom. The number of anilines is 1. The van der Waals surface area contributed by atoms with Gasteiger partial charge in [-0.2, -0.15) is 0 Å². The molecule has 0 aromatic heterocycles. The molecule has 0 saturated heterocycles. The van der Waals surface area contributed by atoms with Gasteiger partial charge in [-0.1, -0.05) is 28.1 Å². The van der Waals surface area contributed by atoms with Gasteiger partial charge < -0.3 is 19.7 Å². The summed E-state index contributed by atoms with van der Waals surface area (Å²) >= 11 is 3.34. The largest absolute Gasteiger partial charge is 0.497 e. The number of hydrogen-bond acceptors (Lipinski definition) is 6. The summed E-state index contributed by atoms with van der Waals surface area (Å²) in [6, 6.07) is 18.9. The number of carbonyl (C=O) groups is 2. The van der Waals surface area contributed by atoms with Crippen LogP contribution in [0.3, 0.4) is 0 Å². The summed E-state index contributed by atoms with van der Waals surface area (Å²) in [5, 5.41) is 2.92. The highest BCUT2D eigenvalue weighted by Crippen LogP contribution is 2.27. The van der Waals surface area contributed by atoms with Crippen molar-refractivity contribution in [2.75, 3.05) is 24.6 Å². The van der Waals surface area contributed by atoms with Gasteiger partial charge in [0.2, 0.25) is 11.8 Å². The van der Waals surface area contributed by atoms with Crippen LogP contribution in [0.4, 0.5) is 5.69 Å². The summed E-state index contributed by atoms with van der Waals surface area (Å²) < 4.78 is 40.4. The van der Waals surface area contributed by atoms with Crippen molar-refractivity contribution in [2.24, 2.45) is 0 Å². The number of methoxy groups -OCH3 is 1. The number of hydrogen-bond donors (Lipinski definition) is 1. The molecule has 0 saturated carbocycles. The summed E-state index contributed by atoms with van der Waals surface area (Å²) in [7, 11) is -2.61. The fraction of sp³-hybridized carbons (Fsp3) is 0.355. The van der Waals surface area contributed by atoms with Crippen molar-refractivity contribution in [1.29, 1.82) is 0 Å². The van der Waals surface area contributed by atoms with E-state index in [0.717, 1.165) is 14.3 Å². The third-order valence-corrected chi connectivity index (χ3v) is 8.61. The number of sulfonamides is 1. The summed E-state index contributed by atoms with van der Waals surface area (Å²) in [5.41, 5.74) is 0.508. The van der Waals surface area contributed by atoms with E-state index in [0.29, 0.717) is 18.1 Å². The van der Waals surface area contributed by atoms with Crippen molar-refractivity contribution in [3.63, 3.8) is 0 Å². The molecular weight excluding hydrogens is 622 g/mol. The zero-order chi connectivity index (χ0) is 31.1. The molecule has 0 spiro atoms. The van der Waals surface area contributed by atoms with Crippen molar-refractivity contribution in [3.8, 4) is 11.5 Å². The fourth-order valence-corrected chi connectivity index (χ4v) is 5.80. The molecule has 1 N–H and O–H groups in total. The number of carbonyl (C=O) groups excluding carboxylic acids is 2. The Morgan fingerprint density at radius 2 is 1.50 bits per heavy atom. The minimum atomic E-state index is -4.17. The molecule has 0 unspecified atom stereocenters. The quantitative estimate of drug-likeness (QED) is 0.280. The lowest BCUT2D eigenvalue weighted by Gasteiger charge is -2.33. The molecule has 3 aromatic carbocycles. The second kappa shape index (κ2) is 14.1. The zero-order valence-corrected chi connectivity index (χ0v) is 27.2. The van der Waals surface area contributed by atoms with Gasteiger partial charge in [-0.05, 0) is 101 Å². The van der Waals surface area contributed by atoms with Crippen LogP contribution in [0.5, 0.6) is 11.5 Å². The first kappa shape index (κ1) is 32.9. The van der Waals surface area contributed by atoms with Crippen LogP contribution in [0.25, 0.3) is 0 Å². The van der Waals surface area contributed by atoms with Crippen LogP contribution in [-0.4, -0.2) is 57.0 Å². The first-order valence-corrected chi connectivity index (χ1v) is 15.7. The minimum Gasteiger partial charge on any atom is -0.497 e. The average Bonchev–Trinajstić information content (AvgIpc) is 2.94. The van der Waals surface area contributed by atoms with E-state index in [2.05, 4.69) is 21.2 Å². The lowest BCUT2D eigenvalue weighted by atomic mass is 10.1. The van der Waals surface area contributed by atoms with Gasteiger partial charge in [0, 0.05) is 16.6 Å². The molecule has 0 radical (unpaired) electrons. The topological polar surface area (TPSA) is 105 Å². The van der Waals surface area contributed by atoms with Gasteiger partial charge in [0.25, 0.3) is 10.0 Å². The maximum absolute atomic E-state index is 14.1. The molecule has 0 aliphatic heterocycles. The number of halogens is 1. The van der Waals surface area contributed by atoms with E-state index in [1.54, 1.807) is 74.7 Å². The highest BCUT2D eigenvalue weighted by molar-refractivity contribution is 9.10. The number of benzene rings is 3. The molecule has 0 bridgehead atoms. The van der Waals surface area contributed by atoms with Gasteiger partial charge in [-0.15, -0.1) is 0 Å². The second-order valence-electron chi connectivity index (χ2n) is 10.7. The van der Waals surface area contributed by atoms with Gasteiger partial charge in [0.1, 0.15) is 24.1 Å². The molecule has 3 rings (SSSR count). The maximum atomic E-state index is 14.1. The highest BCUT2D eigenvalue weighted by Gasteiger charge is 2.33. The van der Waals surface area contributed by atoms with Gasteiger partial charge in [-0.25, -0.2) is 8.42 Å². The Labute approximate surface area is 257 Å². The number of ether oxygens (including phenoxy) is 2. The molecule has 1 atom stereocenters. The molecule has 3 aromatic rings. The molecule has 11 heteroatoms. The molecule has 226 valence electrons. The molecule has 0 heterocycles. The monoisotopic (exact) mass is 659 g/mol. The minimum absolute atomic E-state index is 0.0209. The number of rotatable bonds is 12. The van der Waals surface area contributed by atoms with E-state index < -0.39 is 34.1 Å². The summed E-state index contributed by atoms with van der Waals surface area (Å²) in [6.45, 7) is 9.04. The molecule has 0 fully saturated rings. The van der Waals surface area contributed by atoms with Crippen molar-refractivity contribution in [3.05, 3.63) is 82.8 Å². The number of nitrogens with one attached hydrogen (secondary N) is 1. The Hall–Kier alpha value is -3.57. The molecule has 0 aliphatic carbocycles. The molecule has 2 amide bonds. The maximum Gasteiger partial charge on any atom is 0.264 e. The molecular formula is C31H38BrN3O6S. The van der Waals surface area contributed by atoms with Crippen LogP contribution >= 0.6 is 15.9 Å². The summed E-state index contributed by atoms with van der Waals surface area (Å²) in [6.07, 6.45) is 0. The normalized spacial score (nSPS) is 12.3. The van der Waals surface area contributed by atoms with Crippen LogP contribution in [0.2, 0.25) is 0 Å². The van der Waals surface area contributed by atoms with E-state index in [-0.39, 0.29) is 23.0 Å². The predicted octanol–water partition coefficient (Wildman–Crippen LogP) is 5.38. The molecule has 0 aliphatic rings. The van der Waals surface area contributed by atoms with Gasteiger partial charge in [-0.3, -0.25) is 13.9 Å². The number of nitrogens with zero attached hydrogens (tertiary/aromatic N) is 2. The van der Waals surface area contributed by atoms with E-state index in [9.17, 15) is 18.0 Å². The predicted molar refractivity (Wildman–Crippen MR) is 167 cm³/mol. The summed E-state index contributed by atoms with van der Waals surface area (Å²) in [4.78, 5) is 28.7. The SMILES string of the molecule is CCOc1ccc(N(CC(=O)N(Cc2ccc(OC)cc2)[C@H](C)C(=O)NC(C)(C)C)S(=O)(=O)c2ccc(Br)cc2)cc1. The Bertz CT molecular complexity index is 1450.